The van der Waals surface area contributed by atoms with E-state index in [0.29, 0.717) is 0 Å². The van der Waals surface area contributed by atoms with Gasteiger partial charge in [0.2, 0.25) is 0 Å². The molecule has 2 nitrogen and oxygen atoms in total. The van der Waals surface area contributed by atoms with Crippen LogP contribution in [0.5, 0.6) is 5.75 Å². The van der Waals surface area contributed by atoms with Crippen LogP contribution in [0.25, 0.3) is 0 Å². The topological polar surface area (TPSA) is 21.6 Å². The Morgan fingerprint density at radius 1 is 1.38 bits per heavy atom. The summed E-state index contributed by atoms with van der Waals surface area (Å²) in [6.45, 7) is 11.9. The molecule has 1 heterocycles. The molecule has 1 aromatic rings. The van der Waals surface area contributed by atoms with Crippen LogP contribution in [0, 0.1) is 0 Å². The average molecular weight is 408 g/mol. The molecule has 130 valence electrons. The molecule has 4 heteroatoms. The van der Waals surface area contributed by atoms with Crippen molar-refractivity contribution in [1.29, 1.82) is 0 Å². The van der Waals surface area contributed by atoms with Crippen molar-refractivity contribution in [3.63, 3.8) is 0 Å². The number of halogens is 1. The molecule has 1 aliphatic heterocycles. The Balaban J connectivity index is 0.000000648. The molecule has 2 rings (SSSR count). The van der Waals surface area contributed by atoms with Gasteiger partial charge in [-0.25, -0.2) is 4.40 Å². The number of unbranched alkanes of at least 4 members (excludes halogenated alkanes) is 1. The van der Waals surface area contributed by atoms with Crippen molar-refractivity contribution in [3.05, 3.63) is 65.2 Å². The monoisotopic (exact) mass is 407 g/mol. The Morgan fingerprint density at radius 3 is 2.62 bits per heavy atom. The lowest BCUT2D eigenvalue weighted by Crippen LogP contribution is -2.28. The predicted octanol–water partition coefficient (Wildman–Crippen LogP) is 6.77. The van der Waals surface area contributed by atoms with Crippen LogP contribution in [0.3, 0.4) is 0 Å². The number of nitrogens with zero attached hydrogens (tertiary/aromatic N) is 1. The second-order valence-corrected chi connectivity index (χ2v) is 6.74. The van der Waals surface area contributed by atoms with Crippen molar-refractivity contribution in [2.75, 3.05) is 6.26 Å². The summed E-state index contributed by atoms with van der Waals surface area (Å²) in [5.41, 5.74) is 3.11. The normalized spacial score (nSPS) is 18.1. The van der Waals surface area contributed by atoms with Gasteiger partial charge in [0.05, 0.1) is 5.71 Å². The molecule has 0 amide bonds. The summed E-state index contributed by atoms with van der Waals surface area (Å²) in [6, 6.07) is 5.99. The SMILES string of the molecule is C=C/C=C(\C=C)C1C/C(=N\SC)c2cc(Br)ccc2O1.CCCC. The Labute approximate surface area is 159 Å². The van der Waals surface area contributed by atoms with Gasteiger partial charge in [0.25, 0.3) is 0 Å². The van der Waals surface area contributed by atoms with Gasteiger partial charge in [-0.05, 0) is 35.7 Å². The smallest absolute Gasteiger partial charge is 0.129 e. The van der Waals surface area contributed by atoms with Crippen LogP contribution in [0.4, 0.5) is 0 Å². The van der Waals surface area contributed by atoms with Crippen LogP contribution in [-0.4, -0.2) is 18.1 Å². The van der Waals surface area contributed by atoms with Crippen LogP contribution >= 0.6 is 27.9 Å². The lowest BCUT2D eigenvalue weighted by Gasteiger charge is -2.28. The summed E-state index contributed by atoms with van der Waals surface area (Å²) < 4.78 is 11.6. The third-order valence-electron chi connectivity index (χ3n) is 3.52. The van der Waals surface area contributed by atoms with Crippen molar-refractivity contribution >= 4 is 33.6 Å². The van der Waals surface area contributed by atoms with E-state index in [4.69, 9.17) is 4.74 Å². The number of hydrogen-bond donors (Lipinski definition) is 0. The van der Waals surface area contributed by atoms with Crippen LogP contribution in [0.15, 0.2) is 64.0 Å². The fourth-order valence-electron chi connectivity index (χ4n) is 2.14. The van der Waals surface area contributed by atoms with Gasteiger partial charge in [0.1, 0.15) is 11.9 Å². The van der Waals surface area contributed by atoms with E-state index in [1.165, 1.54) is 24.8 Å². The van der Waals surface area contributed by atoms with Gasteiger partial charge in [-0.15, -0.1) is 0 Å². The Morgan fingerprint density at radius 2 is 2.08 bits per heavy atom. The molecule has 1 unspecified atom stereocenters. The molecule has 0 N–H and O–H groups in total. The predicted molar refractivity (Wildman–Crippen MR) is 112 cm³/mol. The van der Waals surface area contributed by atoms with E-state index < -0.39 is 0 Å². The number of hydrogen-bond acceptors (Lipinski definition) is 3. The summed E-state index contributed by atoms with van der Waals surface area (Å²) >= 11 is 4.96. The number of allylic oxidation sites excluding steroid dienone is 2. The number of benzene rings is 1. The van der Waals surface area contributed by atoms with Gasteiger partial charge in [-0.1, -0.05) is 74.0 Å². The maximum Gasteiger partial charge on any atom is 0.129 e. The minimum Gasteiger partial charge on any atom is -0.485 e. The first-order valence-corrected chi connectivity index (χ1v) is 10.1. The minimum atomic E-state index is -0.0647. The first kappa shape index (κ1) is 20.8. The van der Waals surface area contributed by atoms with Gasteiger partial charge in [0, 0.05) is 22.7 Å². The van der Waals surface area contributed by atoms with E-state index in [2.05, 4.69) is 47.3 Å². The van der Waals surface area contributed by atoms with E-state index in [9.17, 15) is 0 Å². The van der Waals surface area contributed by atoms with Crippen LogP contribution in [0.1, 0.15) is 38.7 Å². The first-order chi connectivity index (χ1) is 11.6. The maximum atomic E-state index is 6.07. The summed E-state index contributed by atoms with van der Waals surface area (Å²) in [6.07, 6.45) is 10.8. The van der Waals surface area contributed by atoms with Crippen molar-refractivity contribution in [1.82, 2.24) is 0 Å². The molecule has 0 bridgehead atoms. The molecule has 24 heavy (non-hydrogen) atoms. The number of fused-ring (bicyclic) bond motifs is 1. The zero-order valence-electron chi connectivity index (χ0n) is 14.7. The van der Waals surface area contributed by atoms with Crippen molar-refractivity contribution in [2.24, 2.45) is 4.40 Å². The van der Waals surface area contributed by atoms with Crippen LogP contribution in [0.2, 0.25) is 0 Å². The third kappa shape index (κ3) is 5.99. The summed E-state index contributed by atoms with van der Waals surface area (Å²) in [5.74, 6) is 0.856. The van der Waals surface area contributed by atoms with Crippen molar-refractivity contribution in [2.45, 2.75) is 39.2 Å². The average Bonchev–Trinajstić information content (AvgIpc) is 2.60. The molecule has 0 spiro atoms. The van der Waals surface area contributed by atoms with Gasteiger partial charge >= 0.3 is 0 Å². The standard InChI is InChI=1S/C16H16BrNOS.C4H10/c1-4-6-11(5-2)16-10-14(18-20-3)13-9-12(17)7-8-15(13)19-16;1-3-4-2/h4-9,16H,1-2,10H2,3H3;3-4H2,1-2H3/b11-6+,18-14+;. The molecule has 1 aromatic carbocycles. The minimum absolute atomic E-state index is 0.0647. The van der Waals surface area contributed by atoms with E-state index in [0.717, 1.165) is 33.5 Å². The third-order valence-corrected chi connectivity index (χ3v) is 4.42. The largest absolute Gasteiger partial charge is 0.485 e. The highest BCUT2D eigenvalue weighted by atomic mass is 79.9. The van der Waals surface area contributed by atoms with Gasteiger partial charge in [0.15, 0.2) is 0 Å². The number of rotatable bonds is 5. The van der Waals surface area contributed by atoms with Gasteiger partial charge < -0.3 is 4.74 Å². The number of ether oxygens (including phenoxy) is 1. The highest BCUT2D eigenvalue weighted by Crippen LogP contribution is 2.33. The lowest BCUT2D eigenvalue weighted by atomic mass is 9.95. The van der Waals surface area contributed by atoms with Crippen molar-refractivity contribution < 1.29 is 4.74 Å². The second kappa shape index (κ2) is 11.3. The second-order valence-electron chi connectivity index (χ2n) is 5.28. The molecule has 0 radical (unpaired) electrons. The Bertz CT molecular complexity index is 620. The zero-order valence-corrected chi connectivity index (χ0v) is 17.1. The molecule has 0 fully saturated rings. The molecule has 0 saturated heterocycles. The first-order valence-electron chi connectivity index (χ1n) is 8.12. The highest BCUT2D eigenvalue weighted by molar-refractivity contribution is 9.10. The summed E-state index contributed by atoms with van der Waals surface area (Å²) in [4.78, 5) is 0. The van der Waals surface area contributed by atoms with Crippen LogP contribution < -0.4 is 4.74 Å². The Hall–Kier alpha value is -1.26. The fraction of sp³-hybridized carbons (Fsp3) is 0.350. The molecule has 1 atom stereocenters. The van der Waals surface area contributed by atoms with E-state index in [1.54, 1.807) is 6.08 Å². The Kier molecular flexibility index (Phi) is 9.80. The maximum absolute atomic E-state index is 6.07. The van der Waals surface area contributed by atoms with E-state index >= 15 is 0 Å². The van der Waals surface area contributed by atoms with E-state index in [-0.39, 0.29) is 6.10 Å². The molecule has 1 aliphatic rings. The van der Waals surface area contributed by atoms with Crippen LogP contribution in [-0.2, 0) is 0 Å². The summed E-state index contributed by atoms with van der Waals surface area (Å²) in [7, 11) is 0. The molecular formula is C20H26BrNOS. The molecule has 0 aromatic heterocycles. The fourth-order valence-corrected chi connectivity index (χ4v) is 2.89. The molecular weight excluding hydrogens is 382 g/mol. The highest BCUT2D eigenvalue weighted by Gasteiger charge is 2.26. The van der Waals surface area contributed by atoms with E-state index in [1.807, 2.05) is 36.6 Å². The summed E-state index contributed by atoms with van der Waals surface area (Å²) in [5, 5.41) is 0. The lowest BCUT2D eigenvalue weighted by molar-refractivity contribution is 0.241. The van der Waals surface area contributed by atoms with Gasteiger partial charge in [-0.2, -0.15) is 0 Å². The zero-order chi connectivity index (χ0) is 17.9. The van der Waals surface area contributed by atoms with Crippen molar-refractivity contribution in [3.8, 4) is 5.75 Å². The van der Waals surface area contributed by atoms with Gasteiger partial charge in [-0.3, -0.25) is 0 Å². The quantitative estimate of drug-likeness (QED) is 0.396. The molecule has 0 aliphatic carbocycles. The molecule has 0 saturated carbocycles.